The molecule has 0 spiro atoms. The normalized spacial score (nSPS) is 23.3. The Hall–Kier alpha value is -6.54. The molecule has 9 rings (SSSR count). The maximum Gasteiger partial charge on any atom is 0.0541 e. The second-order valence-electron chi connectivity index (χ2n) is 14.1. The molecule has 0 saturated carbocycles. The quantitative estimate of drug-likeness (QED) is 0.110. The van der Waals surface area contributed by atoms with E-state index in [9.17, 15) is 0 Å². The third-order valence-electron chi connectivity index (χ3n) is 10.7. The molecule has 3 aliphatic rings. The fourth-order valence-electron chi connectivity index (χ4n) is 8.21. The Kier molecular flexibility index (Phi) is 7.65. The monoisotopic (exact) mass is 682 g/mol. The summed E-state index contributed by atoms with van der Waals surface area (Å²) in [5, 5.41) is 10.2. The number of H-pyrrole nitrogens is 2. The Bertz CT molecular complexity index is 2310. The zero-order chi connectivity index (χ0) is 35.3. The number of rotatable bonds is 4. The molecule has 2 aromatic heterocycles. The van der Waals surface area contributed by atoms with Gasteiger partial charge in [-0.15, -0.1) is 0 Å². The van der Waals surface area contributed by atoms with Gasteiger partial charge in [0.1, 0.15) is 0 Å². The first kappa shape index (κ1) is 31.4. The van der Waals surface area contributed by atoms with Crippen LogP contribution in [0.4, 0.5) is 22.7 Å². The Balaban J connectivity index is 1.34. The summed E-state index contributed by atoms with van der Waals surface area (Å²) in [4.78, 5) is 7.78. The zero-order valence-corrected chi connectivity index (χ0v) is 28.8. The van der Waals surface area contributed by atoms with Gasteiger partial charge in [-0.05, 0) is 121 Å². The van der Waals surface area contributed by atoms with Crippen LogP contribution in [0.5, 0.6) is 0 Å². The van der Waals surface area contributed by atoms with Crippen LogP contribution < -0.4 is 44.3 Å². The largest absolute Gasteiger partial charge is 0.399 e. The van der Waals surface area contributed by atoms with Crippen LogP contribution in [-0.4, -0.2) is 22.1 Å². The van der Waals surface area contributed by atoms with Gasteiger partial charge in [0.2, 0.25) is 0 Å². The molecule has 2 unspecified atom stereocenters. The average Bonchev–Trinajstić information content (AvgIpc) is 3.99. The number of nitrogens with two attached hydrogens (primary N) is 4. The van der Waals surface area contributed by atoms with Gasteiger partial charge in [-0.1, -0.05) is 48.5 Å². The summed E-state index contributed by atoms with van der Waals surface area (Å²) in [7, 11) is 0. The lowest BCUT2D eigenvalue weighted by Gasteiger charge is -2.20. The summed E-state index contributed by atoms with van der Waals surface area (Å²) >= 11 is 0. The molecule has 0 radical (unpaired) electrons. The maximum absolute atomic E-state index is 6.19. The minimum absolute atomic E-state index is 0.0534. The maximum atomic E-state index is 6.19. The number of aromatic amines is 2. The molecule has 258 valence electrons. The second-order valence-corrected chi connectivity index (χ2v) is 14.1. The summed E-state index contributed by atoms with van der Waals surface area (Å²) in [5.41, 5.74) is 41.3. The van der Waals surface area contributed by atoms with Crippen LogP contribution in [0.1, 0.15) is 59.3 Å². The molecular formula is C44H42N8. The molecule has 2 atom stereocenters. The van der Waals surface area contributed by atoms with Crippen molar-refractivity contribution in [3.8, 4) is 0 Å². The van der Waals surface area contributed by atoms with E-state index in [-0.39, 0.29) is 12.1 Å². The number of allylic oxidation sites excluding steroid dienone is 2. The summed E-state index contributed by atoms with van der Waals surface area (Å²) < 4.78 is 0. The van der Waals surface area contributed by atoms with Gasteiger partial charge < -0.3 is 43.5 Å². The van der Waals surface area contributed by atoms with Crippen molar-refractivity contribution in [2.24, 2.45) is 0 Å². The van der Waals surface area contributed by atoms with Crippen molar-refractivity contribution >= 4 is 45.0 Å². The van der Waals surface area contributed by atoms with E-state index < -0.39 is 0 Å². The Morgan fingerprint density at radius 3 is 1.10 bits per heavy atom. The van der Waals surface area contributed by atoms with E-state index in [4.69, 9.17) is 22.9 Å². The fourth-order valence-corrected chi connectivity index (χ4v) is 8.21. The Morgan fingerprint density at radius 1 is 0.385 bits per heavy atom. The molecule has 0 amide bonds. The van der Waals surface area contributed by atoms with Crippen molar-refractivity contribution in [3.63, 3.8) is 0 Å². The number of fused-ring (bicyclic) bond motifs is 8. The molecule has 4 aromatic carbocycles. The molecule has 8 bridgehead atoms. The summed E-state index contributed by atoms with van der Waals surface area (Å²) in [5.74, 6) is 0. The van der Waals surface area contributed by atoms with Gasteiger partial charge in [0.05, 0.1) is 12.1 Å². The SMILES string of the molecule is Nc1ccc(/C2=C3\CCC(N3)/C(c3ccc(N)cc3)=c3/cc/c([nH]3)=C(/c3ccc(N)cc3)C3CC/C(=C(\c4ccc(N)cc4)c4ccc2[nH]4)N3)cc1. The lowest BCUT2D eigenvalue weighted by atomic mass is 9.96. The molecule has 12 N–H and O–H groups in total. The molecular weight excluding hydrogens is 641 g/mol. The van der Waals surface area contributed by atoms with Gasteiger partial charge in [0.15, 0.2) is 0 Å². The van der Waals surface area contributed by atoms with Crippen molar-refractivity contribution in [2.75, 3.05) is 22.9 Å². The van der Waals surface area contributed by atoms with E-state index in [0.717, 1.165) is 104 Å². The van der Waals surface area contributed by atoms with Gasteiger partial charge in [0.25, 0.3) is 0 Å². The number of hydrogen-bond donors (Lipinski definition) is 8. The first-order valence-corrected chi connectivity index (χ1v) is 17.9. The average molecular weight is 683 g/mol. The highest BCUT2D eigenvalue weighted by molar-refractivity contribution is 5.87. The van der Waals surface area contributed by atoms with E-state index in [0.29, 0.717) is 0 Å². The van der Waals surface area contributed by atoms with E-state index >= 15 is 0 Å². The van der Waals surface area contributed by atoms with Crippen LogP contribution >= 0.6 is 0 Å². The molecule has 8 nitrogen and oxygen atoms in total. The van der Waals surface area contributed by atoms with E-state index in [1.807, 2.05) is 48.5 Å². The highest BCUT2D eigenvalue weighted by Gasteiger charge is 2.31. The van der Waals surface area contributed by atoms with Crippen molar-refractivity contribution in [3.05, 3.63) is 177 Å². The summed E-state index contributed by atoms with van der Waals surface area (Å²) in [6, 6.07) is 41.8. The lowest BCUT2D eigenvalue weighted by Crippen LogP contribution is -2.31. The van der Waals surface area contributed by atoms with Crippen LogP contribution in [0.3, 0.4) is 0 Å². The molecule has 2 saturated heterocycles. The van der Waals surface area contributed by atoms with Gasteiger partial charge in [0, 0.05) is 78.5 Å². The lowest BCUT2D eigenvalue weighted by molar-refractivity contribution is 0.756. The number of aromatic nitrogens is 2. The van der Waals surface area contributed by atoms with Crippen molar-refractivity contribution < 1.29 is 0 Å². The van der Waals surface area contributed by atoms with Crippen LogP contribution in [0.15, 0.2) is 133 Å². The van der Waals surface area contributed by atoms with Gasteiger partial charge in [-0.3, -0.25) is 0 Å². The highest BCUT2D eigenvalue weighted by atomic mass is 15.0. The minimum Gasteiger partial charge on any atom is -0.399 e. The fraction of sp³-hybridized carbons (Fsp3) is 0.136. The number of benzene rings is 4. The standard InChI is InChI=1S/C44H42N8/c45-29-9-1-25(2-10-29)41-33-17-19-35(49-33)42(26-3-11-30(46)12-4-26)37-21-23-39(51-37)44(28-7-15-32(48)16-8-28)40-24-22-38(52-40)43(36-20-18-34(41)50-36)27-5-13-31(47)14-6-27/h1-17,19,22,24,34,37,49-52H,18,20-21,23,45-48H2/b41-33-,42-35+,43-36-,44-39-. The zero-order valence-electron chi connectivity index (χ0n) is 28.8. The molecule has 5 heterocycles. The number of hydrogen-bond acceptors (Lipinski definition) is 6. The van der Waals surface area contributed by atoms with E-state index in [2.05, 4.69) is 93.4 Å². The predicted octanol–water partition coefficient (Wildman–Crippen LogP) is 5.81. The van der Waals surface area contributed by atoms with Crippen molar-refractivity contribution in [2.45, 2.75) is 37.8 Å². The first-order valence-electron chi connectivity index (χ1n) is 17.9. The third-order valence-corrected chi connectivity index (χ3v) is 10.7. The molecule has 3 aliphatic heterocycles. The Morgan fingerprint density at radius 2 is 0.731 bits per heavy atom. The van der Waals surface area contributed by atoms with E-state index in [1.54, 1.807) is 0 Å². The number of nitrogens with one attached hydrogen (secondary N) is 4. The number of anilines is 4. The summed E-state index contributed by atoms with van der Waals surface area (Å²) in [6.07, 6.45) is 3.61. The second kappa shape index (κ2) is 12.7. The molecule has 0 aliphatic carbocycles. The van der Waals surface area contributed by atoms with Crippen molar-refractivity contribution in [1.82, 2.24) is 20.6 Å². The van der Waals surface area contributed by atoms with Crippen molar-refractivity contribution in [1.29, 1.82) is 0 Å². The smallest absolute Gasteiger partial charge is 0.0541 e. The van der Waals surface area contributed by atoms with Crippen LogP contribution in [0.25, 0.3) is 22.3 Å². The number of nitrogen functional groups attached to an aromatic ring is 4. The predicted molar refractivity (Wildman–Crippen MR) is 214 cm³/mol. The third kappa shape index (κ3) is 5.68. The van der Waals surface area contributed by atoms with Gasteiger partial charge >= 0.3 is 0 Å². The van der Waals surface area contributed by atoms with E-state index in [1.165, 1.54) is 22.5 Å². The molecule has 2 fully saturated rings. The highest BCUT2D eigenvalue weighted by Crippen LogP contribution is 2.38. The first-order chi connectivity index (χ1) is 25.4. The topological polar surface area (TPSA) is 160 Å². The van der Waals surface area contributed by atoms with Gasteiger partial charge in [-0.2, -0.15) is 0 Å². The molecule has 6 aromatic rings. The summed E-state index contributed by atoms with van der Waals surface area (Å²) in [6.45, 7) is 0. The Labute approximate surface area is 302 Å². The molecule has 8 heteroatoms. The minimum atomic E-state index is 0.0534. The molecule has 52 heavy (non-hydrogen) atoms. The van der Waals surface area contributed by atoms with Crippen LogP contribution in [0.2, 0.25) is 0 Å². The van der Waals surface area contributed by atoms with Gasteiger partial charge in [-0.25, -0.2) is 0 Å². The van der Waals surface area contributed by atoms with Crippen LogP contribution in [-0.2, 0) is 0 Å². The van der Waals surface area contributed by atoms with Crippen LogP contribution in [0, 0.1) is 0 Å².